The largest absolute Gasteiger partial charge is 0.481 e. The minimum Gasteiger partial charge on any atom is -0.481 e. The number of carboxylic acids is 1. The zero-order valence-corrected chi connectivity index (χ0v) is 11.2. The van der Waals surface area contributed by atoms with Crippen LogP contribution in [0.1, 0.15) is 13.3 Å². The summed E-state index contributed by atoms with van der Waals surface area (Å²) in [6.45, 7) is 1.54. The Morgan fingerprint density at radius 2 is 2.28 bits per heavy atom. The molecule has 0 fully saturated rings. The second kappa shape index (κ2) is 6.12. The van der Waals surface area contributed by atoms with Gasteiger partial charge in [-0.2, -0.15) is 0 Å². The summed E-state index contributed by atoms with van der Waals surface area (Å²) in [5.74, 6) is -1.58. The van der Waals surface area contributed by atoms with Gasteiger partial charge in [0.15, 0.2) is 0 Å². The molecule has 1 rings (SSSR count). The van der Waals surface area contributed by atoms with Gasteiger partial charge < -0.3 is 5.11 Å². The fraction of sp³-hybridized carbons (Fsp3) is 0.400. The van der Waals surface area contributed by atoms with E-state index in [1.165, 1.54) is 25.3 Å². The van der Waals surface area contributed by atoms with Crippen LogP contribution >= 0.6 is 11.6 Å². The molecule has 100 valence electrons. The van der Waals surface area contributed by atoms with Crippen molar-refractivity contribution in [2.45, 2.75) is 18.2 Å². The molecular weight excluding hydrogens is 280 g/mol. The van der Waals surface area contributed by atoms with Crippen molar-refractivity contribution in [3.8, 4) is 0 Å². The normalized spacial score (nSPS) is 13.2. The molecule has 0 aromatic carbocycles. The van der Waals surface area contributed by atoms with Crippen molar-refractivity contribution in [1.82, 2.24) is 9.71 Å². The number of pyridine rings is 1. The van der Waals surface area contributed by atoms with Crippen molar-refractivity contribution < 1.29 is 18.3 Å². The zero-order valence-electron chi connectivity index (χ0n) is 9.63. The van der Waals surface area contributed by atoms with E-state index in [0.717, 1.165) is 0 Å². The summed E-state index contributed by atoms with van der Waals surface area (Å²) in [5.41, 5.74) is 0. The number of nitrogens with one attached hydrogen (secondary N) is 1. The van der Waals surface area contributed by atoms with Crippen molar-refractivity contribution in [2.24, 2.45) is 5.92 Å². The molecule has 1 unspecified atom stereocenters. The smallest absolute Gasteiger partial charge is 0.306 e. The van der Waals surface area contributed by atoms with Crippen molar-refractivity contribution in [2.75, 3.05) is 6.54 Å². The third kappa shape index (κ3) is 3.94. The predicted molar refractivity (Wildman–Crippen MR) is 65.9 cm³/mol. The molecule has 0 aliphatic rings. The molecule has 0 spiro atoms. The first-order valence-electron chi connectivity index (χ1n) is 5.17. The number of aliphatic carboxylic acids is 1. The maximum absolute atomic E-state index is 11.8. The van der Waals surface area contributed by atoms with Gasteiger partial charge in [-0.05, 0) is 18.6 Å². The summed E-state index contributed by atoms with van der Waals surface area (Å²) in [6, 6.07) is 2.79. The van der Waals surface area contributed by atoms with Crippen LogP contribution < -0.4 is 4.72 Å². The average Bonchev–Trinajstić information content (AvgIpc) is 2.28. The number of sulfonamides is 1. The molecule has 18 heavy (non-hydrogen) atoms. The highest BCUT2D eigenvalue weighted by atomic mass is 35.5. The number of hydrogen-bond acceptors (Lipinski definition) is 4. The van der Waals surface area contributed by atoms with Crippen LogP contribution in [0.5, 0.6) is 0 Å². The second-order valence-corrected chi connectivity index (χ2v) is 5.81. The summed E-state index contributed by atoms with van der Waals surface area (Å²) >= 11 is 5.68. The minimum atomic E-state index is -3.75. The van der Waals surface area contributed by atoms with Crippen LogP contribution in [0, 0.1) is 5.92 Å². The van der Waals surface area contributed by atoms with Crippen LogP contribution in [0.3, 0.4) is 0 Å². The third-order valence-electron chi connectivity index (χ3n) is 2.31. The molecule has 0 bridgehead atoms. The topological polar surface area (TPSA) is 96.4 Å². The van der Waals surface area contributed by atoms with E-state index < -0.39 is 21.9 Å². The van der Waals surface area contributed by atoms with E-state index in [1.807, 2.05) is 0 Å². The summed E-state index contributed by atoms with van der Waals surface area (Å²) in [7, 11) is -3.75. The number of carboxylic acid groups (broad SMARTS) is 1. The Balaban J connectivity index is 2.67. The summed E-state index contributed by atoms with van der Waals surface area (Å²) in [6.07, 6.45) is 1.58. The Bertz CT molecular complexity index is 532. The maximum atomic E-state index is 11.8. The van der Waals surface area contributed by atoms with Gasteiger partial charge in [-0.1, -0.05) is 18.5 Å². The van der Waals surface area contributed by atoms with Crippen molar-refractivity contribution in [3.63, 3.8) is 0 Å². The number of halogens is 1. The van der Waals surface area contributed by atoms with Crippen LogP contribution in [0.2, 0.25) is 5.15 Å². The van der Waals surface area contributed by atoms with Crippen LogP contribution in [-0.2, 0) is 14.8 Å². The lowest BCUT2D eigenvalue weighted by molar-refractivity contribution is -0.141. The molecule has 1 aromatic heterocycles. The van der Waals surface area contributed by atoms with Crippen molar-refractivity contribution >= 4 is 27.6 Å². The van der Waals surface area contributed by atoms with Gasteiger partial charge >= 0.3 is 5.97 Å². The van der Waals surface area contributed by atoms with Gasteiger partial charge in [-0.3, -0.25) is 4.79 Å². The molecule has 1 aromatic rings. The van der Waals surface area contributed by atoms with E-state index in [2.05, 4.69) is 9.71 Å². The van der Waals surface area contributed by atoms with Gasteiger partial charge in [0.1, 0.15) is 10.0 Å². The SMILES string of the molecule is CC(CCNS(=O)(=O)c1cccnc1Cl)C(=O)O. The number of carbonyl (C=O) groups is 1. The molecule has 0 aliphatic heterocycles. The molecule has 0 radical (unpaired) electrons. The molecule has 0 saturated carbocycles. The first-order chi connectivity index (χ1) is 8.34. The molecule has 2 N–H and O–H groups in total. The van der Waals surface area contributed by atoms with E-state index in [1.54, 1.807) is 0 Å². The summed E-state index contributed by atoms with van der Waals surface area (Å²) < 4.78 is 25.9. The second-order valence-electron chi connectivity index (χ2n) is 3.72. The van der Waals surface area contributed by atoms with Crippen LogP contribution in [-0.4, -0.2) is 31.0 Å². The lowest BCUT2D eigenvalue weighted by Gasteiger charge is -2.09. The zero-order chi connectivity index (χ0) is 13.8. The highest BCUT2D eigenvalue weighted by Crippen LogP contribution is 2.17. The molecule has 8 heteroatoms. The first-order valence-corrected chi connectivity index (χ1v) is 7.03. The van der Waals surface area contributed by atoms with Gasteiger partial charge in [-0.25, -0.2) is 18.1 Å². The average molecular weight is 293 g/mol. The van der Waals surface area contributed by atoms with Gasteiger partial charge in [0.05, 0.1) is 5.92 Å². The number of rotatable bonds is 6. The molecular formula is C10H13ClN2O4S. The van der Waals surface area contributed by atoms with Crippen LogP contribution in [0.15, 0.2) is 23.2 Å². The fourth-order valence-corrected chi connectivity index (χ4v) is 2.68. The van der Waals surface area contributed by atoms with Gasteiger partial charge in [0, 0.05) is 12.7 Å². The highest BCUT2D eigenvalue weighted by Gasteiger charge is 2.19. The number of nitrogens with zero attached hydrogens (tertiary/aromatic N) is 1. The molecule has 6 nitrogen and oxygen atoms in total. The molecule has 1 atom stereocenters. The molecule has 0 amide bonds. The minimum absolute atomic E-state index is 0.0288. The monoisotopic (exact) mass is 292 g/mol. The Hall–Kier alpha value is -1.18. The van der Waals surface area contributed by atoms with E-state index in [9.17, 15) is 13.2 Å². The van der Waals surface area contributed by atoms with E-state index in [0.29, 0.717) is 0 Å². The van der Waals surface area contributed by atoms with Gasteiger partial charge in [0.25, 0.3) is 0 Å². The Morgan fingerprint density at radius 1 is 1.61 bits per heavy atom. The first kappa shape index (κ1) is 14.9. The van der Waals surface area contributed by atoms with E-state index in [-0.39, 0.29) is 23.0 Å². The van der Waals surface area contributed by atoms with Gasteiger partial charge in [-0.15, -0.1) is 0 Å². The lowest BCUT2D eigenvalue weighted by atomic mass is 10.1. The molecule has 0 saturated heterocycles. The van der Waals surface area contributed by atoms with Crippen molar-refractivity contribution in [3.05, 3.63) is 23.5 Å². The number of aromatic nitrogens is 1. The standard InChI is InChI=1S/C10H13ClN2O4S/c1-7(10(14)15)4-6-13-18(16,17)8-3-2-5-12-9(8)11/h2-3,5,7,13H,4,6H2,1H3,(H,14,15). The number of hydrogen-bond donors (Lipinski definition) is 2. The van der Waals surface area contributed by atoms with Gasteiger partial charge in [0.2, 0.25) is 10.0 Å². The molecule has 0 aliphatic carbocycles. The summed E-state index contributed by atoms with van der Waals surface area (Å²) in [4.78, 5) is 14.1. The fourth-order valence-electron chi connectivity index (χ4n) is 1.18. The van der Waals surface area contributed by atoms with E-state index >= 15 is 0 Å². The highest BCUT2D eigenvalue weighted by molar-refractivity contribution is 7.89. The van der Waals surface area contributed by atoms with Crippen LogP contribution in [0.4, 0.5) is 0 Å². The lowest BCUT2D eigenvalue weighted by Crippen LogP contribution is -2.27. The predicted octanol–water partition coefficient (Wildman–Crippen LogP) is 1.12. The Kier molecular flexibility index (Phi) is 5.06. The molecule has 1 heterocycles. The Labute approximate surface area is 110 Å². The maximum Gasteiger partial charge on any atom is 0.306 e. The van der Waals surface area contributed by atoms with E-state index in [4.69, 9.17) is 16.7 Å². The van der Waals surface area contributed by atoms with Crippen molar-refractivity contribution in [1.29, 1.82) is 0 Å². The van der Waals surface area contributed by atoms with Crippen LogP contribution in [0.25, 0.3) is 0 Å². The Morgan fingerprint density at radius 3 is 2.83 bits per heavy atom. The quantitative estimate of drug-likeness (QED) is 0.766. The third-order valence-corrected chi connectivity index (χ3v) is 4.21. The summed E-state index contributed by atoms with van der Waals surface area (Å²) in [5, 5.41) is 8.55.